The molecule has 4 amide bonds. The number of anilines is 1. The van der Waals surface area contributed by atoms with Crippen LogP contribution in [0.25, 0.3) is 0 Å². The maximum Gasteiger partial charge on any atom is 0.321 e. The van der Waals surface area contributed by atoms with Gasteiger partial charge in [-0.2, -0.15) is 0 Å². The lowest BCUT2D eigenvalue weighted by Gasteiger charge is -2.34. The van der Waals surface area contributed by atoms with Gasteiger partial charge in [0.2, 0.25) is 0 Å². The van der Waals surface area contributed by atoms with Gasteiger partial charge in [0, 0.05) is 44.0 Å². The Hall–Kier alpha value is -3.55. The number of carbonyl (C=O) groups is 3. The van der Waals surface area contributed by atoms with Crippen LogP contribution in [-0.2, 0) is 0 Å². The quantitative estimate of drug-likeness (QED) is 0.775. The molecule has 28 heavy (non-hydrogen) atoms. The van der Waals surface area contributed by atoms with Crippen molar-refractivity contribution in [2.45, 2.75) is 0 Å². The number of furan rings is 1. The lowest BCUT2D eigenvalue weighted by molar-refractivity contribution is 0.0640. The molecule has 2 N–H and O–H groups in total. The zero-order valence-electron chi connectivity index (χ0n) is 15.4. The molecule has 1 fully saturated rings. The fourth-order valence-electron chi connectivity index (χ4n) is 2.84. The summed E-state index contributed by atoms with van der Waals surface area (Å²) in [6, 6.07) is 9.71. The molecule has 0 unspecified atom stereocenters. The summed E-state index contributed by atoms with van der Waals surface area (Å²) in [5, 5.41) is 5.50. The molecule has 0 aliphatic carbocycles. The van der Waals surface area contributed by atoms with Gasteiger partial charge in [0.25, 0.3) is 11.8 Å². The molecule has 146 valence electrons. The number of benzene rings is 1. The highest BCUT2D eigenvalue weighted by atomic mass is 16.3. The predicted molar refractivity (Wildman–Crippen MR) is 104 cm³/mol. The number of hydrogen-bond acceptors (Lipinski definition) is 4. The van der Waals surface area contributed by atoms with Crippen molar-refractivity contribution in [3.05, 3.63) is 66.6 Å². The Kier molecular flexibility index (Phi) is 6.11. The summed E-state index contributed by atoms with van der Waals surface area (Å²) in [6.45, 7) is 5.69. The number of urea groups is 1. The molecule has 0 atom stereocenters. The van der Waals surface area contributed by atoms with E-state index in [1.54, 1.807) is 52.3 Å². The van der Waals surface area contributed by atoms with Crippen LogP contribution in [0.15, 0.2) is 59.7 Å². The lowest BCUT2D eigenvalue weighted by atomic mass is 10.2. The van der Waals surface area contributed by atoms with Crippen molar-refractivity contribution in [1.82, 2.24) is 15.1 Å². The molecule has 0 saturated carbocycles. The summed E-state index contributed by atoms with van der Waals surface area (Å²) in [5.74, 6) is -0.0689. The molecule has 2 aromatic rings. The third kappa shape index (κ3) is 4.59. The van der Waals surface area contributed by atoms with Gasteiger partial charge in [0.1, 0.15) is 0 Å². The van der Waals surface area contributed by atoms with E-state index in [9.17, 15) is 14.4 Å². The summed E-state index contributed by atoms with van der Waals surface area (Å²) >= 11 is 0. The van der Waals surface area contributed by atoms with Gasteiger partial charge in [-0.3, -0.25) is 9.59 Å². The van der Waals surface area contributed by atoms with Crippen LogP contribution in [0.1, 0.15) is 20.9 Å². The van der Waals surface area contributed by atoms with Gasteiger partial charge in [0.15, 0.2) is 5.76 Å². The van der Waals surface area contributed by atoms with E-state index in [0.29, 0.717) is 49.7 Å². The second-order valence-electron chi connectivity index (χ2n) is 6.26. The molecule has 0 spiro atoms. The smallest absolute Gasteiger partial charge is 0.321 e. The minimum atomic E-state index is -0.242. The van der Waals surface area contributed by atoms with E-state index < -0.39 is 0 Å². The highest BCUT2D eigenvalue weighted by Gasteiger charge is 2.26. The average Bonchev–Trinajstić information content (AvgIpc) is 3.27. The van der Waals surface area contributed by atoms with Gasteiger partial charge in [-0.1, -0.05) is 6.08 Å². The van der Waals surface area contributed by atoms with Crippen molar-refractivity contribution in [3.63, 3.8) is 0 Å². The van der Waals surface area contributed by atoms with Gasteiger partial charge < -0.3 is 24.9 Å². The topological polar surface area (TPSA) is 94.9 Å². The van der Waals surface area contributed by atoms with E-state index in [-0.39, 0.29) is 17.8 Å². The SMILES string of the molecule is C=CCNC(=O)c1ccc(NC(=O)N2CCN(C(=O)c3ccco3)CC2)cc1. The summed E-state index contributed by atoms with van der Waals surface area (Å²) in [5.41, 5.74) is 1.10. The molecule has 2 heterocycles. The summed E-state index contributed by atoms with van der Waals surface area (Å²) in [4.78, 5) is 39.9. The Labute approximate surface area is 162 Å². The molecule has 1 aliphatic rings. The van der Waals surface area contributed by atoms with Crippen LogP contribution in [0, 0.1) is 0 Å². The molecule has 8 heteroatoms. The molecule has 0 radical (unpaired) electrons. The number of rotatable bonds is 5. The second kappa shape index (κ2) is 8.90. The Morgan fingerprint density at radius 2 is 1.71 bits per heavy atom. The first-order chi connectivity index (χ1) is 13.6. The van der Waals surface area contributed by atoms with Gasteiger partial charge in [-0.25, -0.2) is 4.79 Å². The van der Waals surface area contributed by atoms with Crippen LogP contribution < -0.4 is 10.6 Å². The average molecular weight is 382 g/mol. The minimum Gasteiger partial charge on any atom is -0.459 e. The van der Waals surface area contributed by atoms with Crippen LogP contribution in [0.3, 0.4) is 0 Å². The van der Waals surface area contributed by atoms with Crippen molar-refractivity contribution < 1.29 is 18.8 Å². The monoisotopic (exact) mass is 382 g/mol. The number of nitrogens with one attached hydrogen (secondary N) is 2. The Morgan fingerprint density at radius 3 is 2.32 bits per heavy atom. The molecular formula is C20H22N4O4. The number of amides is 4. The Morgan fingerprint density at radius 1 is 1.04 bits per heavy atom. The summed E-state index contributed by atoms with van der Waals surface area (Å²) in [6.07, 6.45) is 3.07. The van der Waals surface area contributed by atoms with Crippen LogP contribution in [0.5, 0.6) is 0 Å². The van der Waals surface area contributed by atoms with E-state index in [4.69, 9.17) is 4.42 Å². The van der Waals surface area contributed by atoms with E-state index in [2.05, 4.69) is 17.2 Å². The number of nitrogens with zero attached hydrogens (tertiary/aromatic N) is 2. The third-order valence-electron chi connectivity index (χ3n) is 4.39. The maximum absolute atomic E-state index is 12.4. The molecular weight excluding hydrogens is 360 g/mol. The van der Waals surface area contributed by atoms with Gasteiger partial charge in [0.05, 0.1) is 6.26 Å². The van der Waals surface area contributed by atoms with Crippen molar-refractivity contribution in [1.29, 1.82) is 0 Å². The van der Waals surface area contributed by atoms with Gasteiger partial charge in [-0.05, 0) is 36.4 Å². The maximum atomic E-state index is 12.4. The highest BCUT2D eigenvalue weighted by Crippen LogP contribution is 2.13. The van der Waals surface area contributed by atoms with E-state index in [0.717, 1.165) is 0 Å². The van der Waals surface area contributed by atoms with E-state index in [1.165, 1.54) is 6.26 Å². The largest absolute Gasteiger partial charge is 0.459 e. The van der Waals surface area contributed by atoms with E-state index >= 15 is 0 Å². The van der Waals surface area contributed by atoms with Crippen molar-refractivity contribution in [3.8, 4) is 0 Å². The predicted octanol–water partition coefficient (Wildman–Crippen LogP) is 2.19. The molecule has 8 nitrogen and oxygen atoms in total. The van der Waals surface area contributed by atoms with Crippen LogP contribution in [0.2, 0.25) is 0 Å². The lowest BCUT2D eigenvalue weighted by Crippen LogP contribution is -2.51. The molecule has 1 aliphatic heterocycles. The summed E-state index contributed by atoms with van der Waals surface area (Å²) < 4.78 is 5.13. The Bertz CT molecular complexity index is 838. The fourth-order valence-corrected chi connectivity index (χ4v) is 2.84. The first kappa shape index (κ1) is 19.2. The molecule has 1 aromatic carbocycles. The first-order valence-electron chi connectivity index (χ1n) is 8.96. The van der Waals surface area contributed by atoms with Crippen molar-refractivity contribution >= 4 is 23.5 Å². The number of carbonyl (C=O) groups excluding carboxylic acids is 3. The zero-order valence-corrected chi connectivity index (χ0v) is 15.4. The van der Waals surface area contributed by atoms with Crippen LogP contribution in [0.4, 0.5) is 10.5 Å². The van der Waals surface area contributed by atoms with Gasteiger partial charge in [-0.15, -0.1) is 6.58 Å². The molecule has 3 rings (SSSR count). The van der Waals surface area contributed by atoms with Crippen molar-refractivity contribution in [2.24, 2.45) is 0 Å². The van der Waals surface area contributed by atoms with E-state index in [1.807, 2.05) is 0 Å². The molecule has 1 aromatic heterocycles. The van der Waals surface area contributed by atoms with Crippen LogP contribution in [-0.4, -0.2) is 60.4 Å². The van der Waals surface area contributed by atoms with Gasteiger partial charge >= 0.3 is 6.03 Å². The first-order valence-corrected chi connectivity index (χ1v) is 8.96. The standard InChI is InChI=1S/C20H22N4O4/c1-2-9-21-18(25)15-5-7-16(8-6-15)22-20(27)24-12-10-23(11-13-24)19(26)17-4-3-14-28-17/h2-8,14H,1,9-13H2,(H,21,25)(H,22,27). The molecule has 0 bridgehead atoms. The second-order valence-corrected chi connectivity index (χ2v) is 6.26. The highest BCUT2D eigenvalue weighted by molar-refractivity contribution is 5.95. The minimum absolute atomic E-state index is 0.171. The molecule has 1 saturated heterocycles. The number of hydrogen-bond donors (Lipinski definition) is 2. The Balaban J connectivity index is 1.50. The normalized spacial score (nSPS) is 13.7. The zero-order chi connectivity index (χ0) is 19.9. The fraction of sp³-hybridized carbons (Fsp3) is 0.250. The summed E-state index contributed by atoms with van der Waals surface area (Å²) in [7, 11) is 0. The van der Waals surface area contributed by atoms with Crippen LogP contribution >= 0.6 is 0 Å². The number of piperazine rings is 1. The third-order valence-corrected chi connectivity index (χ3v) is 4.39. The van der Waals surface area contributed by atoms with Crippen molar-refractivity contribution in [2.75, 3.05) is 38.0 Å².